The van der Waals surface area contributed by atoms with Gasteiger partial charge in [0.1, 0.15) is 17.5 Å². The number of benzene rings is 3. The van der Waals surface area contributed by atoms with E-state index in [1.54, 1.807) is 12.0 Å². The molecule has 0 radical (unpaired) electrons. The molecule has 3 aromatic rings. The molecule has 1 fully saturated rings. The van der Waals surface area contributed by atoms with Gasteiger partial charge in [-0.15, -0.1) is 0 Å². The topological polar surface area (TPSA) is 67.9 Å². The van der Waals surface area contributed by atoms with Crippen LogP contribution in [0, 0.1) is 0 Å². The fourth-order valence-corrected chi connectivity index (χ4v) is 4.18. The SMILES string of the molecule is CCc1ccccc1O[C@H]1C(=O)N(Cc2cccc(NC(C)=O)c2)[C@H]1c1cccc(OC)c1. The monoisotopic (exact) mass is 444 g/mol. The number of carbonyl (C=O) groups is 2. The van der Waals surface area contributed by atoms with Crippen LogP contribution in [0.3, 0.4) is 0 Å². The Morgan fingerprint density at radius 1 is 1.03 bits per heavy atom. The van der Waals surface area contributed by atoms with Crippen molar-refractivity contribution in [3.05, 3.63) is 89.5 Å². The van der Waals surface area contributed by atoms with Crippen molar-refractivity contribution in [3.8, 4) is 11.5 Å². The second-order valence-corrected chi connectivity index (χ2v) is 8.07. The first-order valence-electron chi connectivity index (χ1n) is 11.1. The van der Waals surface area contributed by atoms with Crippen LogP contribution in [-0.4, -0.2) is 29.9 Å². The van der Waals surface area contributed by atoms with Crippen LogP contribution >= 0.6 is 0 Å². The molecule has 33 heavy (non-hydrogen) atoms. The number of hydrogen-bond donors (Lipinski definition) is 1. The Bertz CT molecular complexity index is 1160. The fourth-order valence-electron chi connectivity index (χ4n) is 4.18. The number of aryl methyl sites for hydroxylation is 1. The maximum atomic E-state index is 13.3. The second-order valence-electron chi connectivity index (χ2n) is 8.07. The minimum atomic E-state index is -0.622. The maximum Gasteiger partial charge on any atom is 0.267 e. The van der Waals surface area contributed by atoms with E-state index in [0.29, 0.717) is 12.2 Å². The van der Waals surface area contributed by atoms with E-state index in [-0.39, 0.29) is 17.9 Å². The molecule has 1 aliphatic rings. The summed E-state index contributed by atoms with van der Waals surface area (Å²) in [5.74, 6) is 1.26. The van der Waals surface area contributed by atoms with Gasteiger partial charge < -0.3 is 19.7 Å². The van der Waals surface area contributed by atoms with E-state index in [4.69, 9.17) is 9.47 Å². The zero-order chi connectivity index (χ0) is 23.4. The van der Waals surface area contributed by atoms with E-state index >= 15 is 0 Å². The number of likely N-dealkylation sites (tertiary alicyclic amines) is 1. The average molecular weight is 445 g/mol. The summed E-state index contributed by atoms with van der Waals surface area (Å²) in [5, 5.41) is 2.79. The minimum absolute atomic E-state index is 0.0707. The second kappa shape index (κ2) is 9.77. The minimum Gasteiger partial charge on any atom is -0.497 e. The van der Waals surface area contributed by atoms with Crippen molar-refractivity contribution in [2.45, 2.75) is 39.0 Å². The first-order chi connectivity index (χ1) is 16.0. The van der Waals surface area contributed by atoms with Crippen LogP contribution in [0.2, 0.25) is 0 Å². The van der Waals surface area contributed by atoms with E-state index in [2.05, 4.69) is 12.2 Å². The lowest BCUT2D eigenvalue weighted by Crippen LogP contribution is -2.60. The molecule has 0 unspecified atom stereocenters. The predicted molar refractivity (Wildman–Crippen MR) is 127 cm³/mol. The van der Waals surface area contributed by atoms with Gasteiger partial charge in [0, 0.05) is 19.2 Å². The van der Waals surface area contributed by atoms with Crippen molar-refractivity contribution >= 4 is 17.5 Å². The van der Waals surface area contributed by atoms with Gasteiger partial charge in [0.25, 0.3) is 5.91 Å². The van der Waals surface area contributed by atoms with Crippen LogP contribution in [0.5, 0.6) is 11.5 Å². The molecule has 0 aliphatic carbocycles. The molecule has 0 bridgehead atoms. The van der Waals surface area contributed by atoms with Crippen LogP contribution < -0.4 is 14.8 Å². The molecule has 3 aromatic carbocycles. The number of β-lactam (4-membered cyclic amide) rings is 1. The normalized spacial score (nSPS) is 17.3. The summed E-state index contributed by atoms with van der Waals surface area (Å²) in [6.45, 7) is 3.95. The maximum absolute atomic E-state index is 13.3. The Morgan fingerprint density at radius 2 is 1.82 bits per heavy atom. The van der Waals surface area contributed by atoms with Gasteiger partial charge in [-0.1, -0.05) is 49.4 Å². The molecule has 2 atom stereocenters. The van der Waals surface area contributed by atoms with E-state index < -0.39 is 6.10 Å². The Balaban J connectivity index is 1.63. The number of para-hydroxylation sites is 1. The molecular formula is C27H28N2O4. The van der Waals surface area contributed by atoms with E-state index in [1.807, 2.05) is 72.8 Å². The van der Waals surface area contributed by atoms with E-state index in [0.717, 1.165) is 34.6 Å². The van der Waals surface area contributed by atoms with Crippen LogP contribution in [0.1, 0.15) is 36.6 Å². The number of ether oxygens (including phenoxy) is 2. The Kier molecular flexibility index (Phi) is 6.63. The summed E-state index contributed by atoms with van der Waals surface area (Å²) >= 11 is 0. The molecule has 6 nitrogen and oxygen atoms in total. The van der Waals surface area contributed by atoms with Gasteiger partial charge in [0.15, 0.2) is 0 Å². The average Bonchev–Trinajstić information content (AvgIpc) is 2.83. The Hall–Kier alpha value is -3.80. The lowest BCUT2D eigenvalue weighted by molar-refractivity contribution is -0.165. The van der Waals surface area contributed by atoms with Crippen molar-refractivity contribution in [1.29, 1.82) is 0 Å². The third kappa shape index (κ3) is 4.85. The Morgan fingerprint density at radius 3 is 2.58 bits per heavy atom. The van der Waals surface area contributed by atoms with Crippen molar-refractivity contribution < 1.29 is 19.1 Å². The summed E-state index contributed by atoms with van der Waals surface area (Å²) in [6.07, 6.45) is 0.198. The lowest BCUT2D eigenvalue weighted by atomic mass is 9.89. The number of hydrogen-bond acceptors (Lipinski definition) is 4. The standard InChI is InChI=1S/C27H28N2O4/c1-4-20-10-5-6-14-24(20)33-26-25(21-11-8-13-23(16-21)32-3)29(27(26)31)17-19-9-7-12-22(15-19)28-18(2)30/h5-16,25-26H,4,17H2,1-3H3,(H,28,30)/t25-,26+/m0/s1. The number of anilines is 1. The smallest absolute Gasteiger partial charge is 0.267 e. The van der Waals surface area contributed by atoms with Gasteiger partial charge >= 0.3 is 0 Å². The third-order valence-corrected chi connectivity index (χ3v) is 5.79. The molecule has 6 heteroatoms. The molecule has 1 heterocycles. The number of methoxy groups -OCH3 is 1. The molecule has 1 aliphatic heterocycles. The first-order valence-corrected chi connectivity index (χ1v) is 11.1. The molecule has 0 aromatic heterocycles. The van der Waals surface area contributed by atoms with Gasteiger partial charge in [-0.3, -0.25) is 9.59 Å². The predicted octanol–water partition coefficient (Wildman–Crippen LogP) is 4.75. The summed E-state index contributed by atoms with van der Waals surface area (Å²) < 4.78 is 11.7. The molecule has 1 N–H and O–H groups in total. The highest BCUT2D eigenvalue weighted by Gasteiger charge is 2.50. The van der Waals surface area contributed by atoms with Crippen LogP contribution in [0.15, 0.2) is 72.8 Å². The Labute approximate surface area is 194 Å². The first kappa shape index (κ1) is 22.4. The highest BCUT2D eigenvalue weighted by molar-refractivity contribution is 5.90. The highest BCUT2D eigenvalue weighted by atomic mass is 16.5. The highest BCUT2D eigenvalue weighted by Crippen LogP contribution is 2.40. The van der Waals surface area contributed by atoms with Crippen LogP contribution in [0.25, 0.3) is 0 Å². The molecule has 4 rings (SSSR count). The molecular weight excluding hydrogens is 416 g/mol. The summed E-state index contributed by atoms with van der Waals surface area (Å²) in [7, 11) is 1.63. The summed E-state index contributed by atoms with van der Waals surface area (Å²) in [4.78, 5) is 26.5. The number of carbonyl (C=O) groups excluding carboxylic acids is 2. The molecule has 0 saturated carbocycles. The van der Waals surface area contributed by atoms with Gasteiger partial charge in [-0.2, -0.15) is 0 Å². The number of amides is 2. The molecule has 2 amide bonds. The van der Waals surface area contributed by atoms with Gasteiger partial charge in [0.05, 0.1) is 7.11 Å². The van der Waals surface area contributed by atoms with Gasteiger partial charge in [0.2, 0.25) is 12.0 Å². The van der Waals surface area contributed by atoms with E-state index in [1.165, 1.54) is 6.92 Å². The number of rotatable bonds is 8. The summed E-state index contributed by atoms with van der Waals surface area (Å²) in [6, 6.07) is 22.8. The van der Waals surface area contributed by atoms with Gasteiger partial charge in [-0.25, -0.2) is 0 Å². The lowest BCUT2D eigenvalue weighted by Gasteiger charge is -2.47. The van der Waals surface area contributed by atoms with Crippen LogP contribution in [-0.2, 0) is 22.6 Å². The van der Waals surface area contributed by atoms with E-state index in [9.17, 15) is 9.59 Å². The van der Waals surface area contributed by atoms with Crippen molar-refractivity contribution in [2.24, 2.45) is 0 Å². The van der Waals surface area contributed by atoms with Gasteiger partial charge in [-0.05, 0) is 53.4 Å². The fraction of sp³-hybridized carbons (Fsp3) is 0.259. The molecule has 1 saturated heterocycles. The van der Waals surface area contributed by atoms with Crippen LogP contribution in [0.4, 0.5) is 5.69 Å². The quantitative estimate of drug-likeness (QED) is 0.509. The zero-order valence-electron chi connectivity index (χ0n) is 19.1. The largest absolute Gasteiger partial charge is 0.497 e. The molecule has 0 spiro atoms. The molecule has 170 valence electrons. The van der Waals surface area contributed by atoms with Crippen molar-refractivity contribution in [1.82, 2.24) is 4.90 Å². The summed E-state index contributed by atoms with van der Waals surface area (Å²) in [5.41, 5.74) is 3.65. The number of nitrogens with one attached hydrogen (secondary N) is 1. The third-order valence-electron chi connectivity index (χ3n) is 5.79. The van der Waals surface area contributed by atoms with Crippen molar-refractivity contribution in [2.75, 3.05) is 12.4 Å². The zero-order valence-corrected chi connectivity index (χ0v) is 19.1. The number of nitrogens with zero attached hydrogens (tertiary/aromatic N) is 1. The van der Waals surface area contributed by atoms with Crippen molar-refractivity contribution in [3.63, 3.8) is 0 Å².